The van der Waals surface area contributed by atoms with Gasteiger partial charge < -0.3 is 10.0 Å². The fraction of sp³-hybridized carbons (Fsp3) is 0.250. The molecule has 0 spiro atoms. The molecule has 0 radical (unpaired) electrons. The van der Waals surface area contributed by atoms with Gasteiger partial charge >= 0.3 is 0 Å². The predicted molar refractivity (Wildman–Crippen MR) is 81.1 cm³/mol. The zero-order valence-corrected chi connectivity index (χ0v) is 12.2. The number of hydrogen-bond acceptors (Lipinski definition) is 2. The highest BCUT2D eigenvalue weighted by atomic mass is 35.5. The molecule has 2 nitrogen and oxygen atoms in total. The van der Waals surface area contributed by atoms with Crippen molar-refractivity contribution >= 4 is 17.3 Å². The van der Waals surface area contributed by atoms with E-state index in [-0.39, 0.29) is 5.75 Å². The van der Waals surface area contributed by atoms with Crippen LogP contribution in [0.2, 0.25) is 5.02 Å². The summed E-state index contributed by atoms with van der Waals surface area (Å²) in [4.78, 5) is 2.18. The molecule has 2 rings (SSSR count). The number of phenolic OH excluding ortho intramolecular Hbond substituents is 1. The molecule has 0 bridgehead atoms. The lowest BCUT2D eigenvalue weighted by atomic mass is 10.1. The third-order valence-electron chi connectivity index (χ3n) is 3.20. The molecule has 0 saturated heterocycles. The van der Waals surface area contributed by atoms with Gasteiger partial charge in [-0.15, -0.1) is 0 Å². The van der Waals surface area contributed by atoms with E-state index in [1.165, 1.54) is 16.8 Å². The SMILES string of the molecule is Cc1ccc(N(C)Cc2ccc(O)c(Cl)c2)c(C)c1. The Labute approximate surface area is 119 Å². The van der Waals surface area contributed by atoms with E-state index in [0.717, 1.165) is 12.1 Å². The maximum Gasteiger partial charge on any atom is 0.134 e. The van der Waals surface area contributed by atoms with Crippen LogP contribution in [0.1, 0.15) is 16.7 Å². The van der Waals surface area contributed by atoms with Gasteiger partial charge in [-0.2, -0.15) is 0 Å². The first-order valence-electron chi connectivity index (χ1n) is 6.23. The van der Waals surface area contributed by atoms with Crippen molar-refractivity contribution in [3.8, 4) is 5.75 Å². The molecule has 3 heteroatoms. The van der Waals surface area contributed by atoms with Crippen LogP contribution in [0.25, 0.3) is 0 Å². The molecule has 0 aliphatic heterocycles. The molecular weight excluding hydrogens is 258 g/mol. The fourth-order valence-corrected chi connectivity index (χ4v) is 2.44. The Morgan fingerprint density at radius 3 is 2.47 bits per heavy atom. The summed E-state index contributed by atoms with van der Waals surface area (Å²) in [6.07, 6.45) is 0. The van der Waals surface area contributed by atoms with Crippen molar-refractivity contribution in [2.24, 2.45) is 0 Å². The second kappa shape index (κ2) is 5.54. The molecule has 2 aromatic carbocycles. The second-order valence-corrected chi connectivity index (χ2v) is 5.34. The Hall–Kier alpha value is -1.67. The molecule has 0 heterocycles. The van der Waals surface area contributed by atoms with E-state index in [1.54, 1.807) is 12.1 Å². The topological polar surface area (TPSA) is 23.5 Å². The van der Waals surface area contributed by atoms with Crippen LogP contribution in [0.5, 0.6) is 5.75 Å². The molecule has 0 fully saturated rings. The summed E-state index contributed by atoms with van der Waals surface area (Å²) in [6, 6.07) is 11.7. The first kappa shape index (κ1) is 13.8. The number of halogens is 1. The first-order chi connectivity index (χ1) is 8.97. The predicted octanol–water partition coefficient (Wildman–Crippen LogP) is 4.30. The number of nitrogens with zero attached hydrogens (tertiary/aromatic N) is 1. The molecule has 0 amide bonds. The lowest BCUT2D eigenvalue weighted by molar-refractivity contribution is 0.475. The minimum atomic E-state index is 0.125. The summed E-state index contributed by atoms with van der Waals surface area (Å²) >= 11 is 5.93. The fourth-order valence-electron chi connectivity index (χ4n) is 2.24. The molecule has 0 aliphatic carbocycles. The monoisotopic (exact) mass is 275 g/mol. The normalized spacial score (nSPS) is 10.5. The van der Waals surface area contributed by atoms with Crippen LogP contribution >= 0.6 is 11.6 Å². The number of aryl methyl sites for hydroxylation is 2. The lowest BCUT2D eigenvalue weighted by Crippen LogP contribution is -2.17. The summed E-state index contributed by atoms with van der Waals surface area (Å²) in [6.45, 7) is 4.96. The van der Waals surface area contributed by atoms with Crippen LogP contribution in [-0.4, -0.2) is 12.2 Å². The van der Waals surface area contributed by atoms with E-state index in [0.29, 0.717) is 5.02 Å². The van der Waals surface area contributed by atoms with E-state index < -0.39 is 0 Å². The zero-order chi connectivity index (χ0) is 14.0. The molecule has 0 aromatic heterocycles. The van der Waals surface area contributed by atoms with Crippen LogP contribution in [0.15, 0.2) is 36.4 Å². The molecule has 0 unspecified atom stereocenters. The van der Waals surface area contributed by atoms with Crippen molar-refractivity contribution < 1.29 is 5.11 Å². The van der Waals surface area contributed by atoms with Gasteiger partial charge in [0.15, 0.2) is 0 Å². The van der Waals surface area contributed by atoms with Gasteiger partial charge in [0, 0.05) is 19.3 Å². The molecule has 1 N–H and O–H groups in total. The summed E-state index contributed by atoms with van der Waals surface area (Å²) in [5, 5.41) is 9.82. The van der Waals surface area contributed by atoms with Gasteiger partial charge in [0.25, 0.3) is 0 Å². The van der Waals surface area contributed by atoms with Gasteiger partial charge in [-0.25, -0.2) is 0 Å². The molecule has 0 atom stereocenters. The van der Waals surface area contributed by atoms with Crippen molar-refractivity contribution in [3.63, 3.8) is 0 Å². The number of phenols is 1. The Morgan fingerprint density at radius 1 is 1.11 bits per heavy atom. The number of rotatable bonds is 3. The molecule has 0 aliphatic rings. The third kappa shape index (κ3) is 3.21. The Bertz CT molecular complexity index is 595. The summed E-state index contributed by atoms with van der Waals surface area (Å²) in [5.74, 6) is 0.125. The summed E-state index contributed by atoms with van der Waals surface area (Å²) in [5.41, 5.74) is 4.80. The van der Waals surface area contributed by atoms with Gasteiger partial charge in [0.2, 0.25) is 0 Å². The van der Waals surface area contributed by atoms with E-state index in [4.69, 9.17) is 11.6 Å². The molecule has 19 heavy (non-hydrogen) atoms. The number of aromatic hydroxyl groups is 1. The summed E-state index contributed by atoms with van der Waals surface area (Å²) < 4.78 is 0. The quantitative estimate of drug-likeness (QED) is 0.903. The standard InChI is InChI=1S/C16H18ClNO/c1-11-4-6-15(12(2)8-11)18(3)10-13-5-7-16(19)14(17)9-13/h4-9,19H,10H2,1-3H3. The summed E-state index contributed by atoms with van der Waals surface area (Å²) in [7, 11) is 2.05. The number of hydrogen-bond donors (Lipinski definition) is 1. The molecule has 100 valence electrons. The average molecular weight is 276 g/mol. The Balaban J connectivity index is 2.20. The Kier molecular flexibility index (Phi) is 4.01. The highest BCUT2D eigenvalue weighted by molar-refractivity contribution is 6.32. The Morgan fingerprint density at radius 2 is 1.84 bits per heavy atom. The van der Waals surface area contributed by atoms with Crippen molar-refractivity contribution in [3.05, 3.63) is 58.1 Å². The third-order valence-corrected chi connectivity index (χ3v) is 3.50. The van der Waals surface area contributed by atoms with Crippen LogP contribution in [0, 0.1) is 13.8 Å². The number of anilines is 1. The molecule has 2 aromatic rings. The van der Waals surface area contributed by atoms with Crippen molar-refractivity contribution in [1.82, 2.24) is 0 Å². The highest BCUT2D eigenvalue weighted by Gasteiger charge is 2.07. The van der Waals surface area contributed by atoms with E-state index >= 15 is 0 Å². The van der Waals surface area contributed by atoms with Crippen molar-refractivity contribution in [2.45, 2.75) is 20.4 Å². The van der Waals surface area contributed by atoms with Crippen LogP contribution < -0.4 is 4.90 Å². The zero-order valence-electron chi connectivity index (χ0n) is 11.4. The van der Waals surface area contributed by atoms with Crippen LogP contribution in [0.4, 0.5) is 5.69 Å². The van der Waals surface area contributed by atoms with Crippen LogP contribution in [-0.2, 0) is 6.54 Å². The second-order valence-electron chi connectivity index (χ2n) is 4.93. The van der Waals surface area contributed by atoms with Crippen LogP contribution in [0.3, 0.4) is 0 Å². The number of benzene rings is 2. The van der Waals surface area contributed by atoms with Crippen molar-refractivity contribution in [1.29, 1.82) is 0 Å². The van der Waals surface area contributed by atoms with Gasteiger partial charge in [0.1, 0.15) is 5.75 Å². The maximum atomic E-state index is 9.42. The maximum absolute atomic E-state index is 9.42. The minimum absolute atomic E-state index is 0.125. The van der Waals surface area contributed by atoms with Gasteiger partial charge in [-0.05, 0) is 43.2 Å². The smallest absolute Gasteiger partial charge is 0.134 e. The first-order valence-corrected chi connectivity index (χ1v) is 6.61. The van der Waals surface area contributed by atoms with E-state index in [2.05, 4.69) is 44.0 Å². The van der Waals surface area contributed by atoms with Gasteiger partial charge in [-0.3, -0.25) is 0 Å². The van der Waals surface area contributed by atoms with E-state index in [9.17, 15) is 5.11 Å². The largest absolute Gasteiger partial charge is 0.506 e. The molecule has 0 saturated carbocycles. The minimum Gasteiger partial charge on any atom is -0.506 e. The highest BCUT2D eigenvalue weighted by Crippen LogP contribution is 2.26. The molecular formula is C16H18ClNO. The van der Waals surface area contributed by atoms with Gasteiger partial charge in [0.05, 0.1) is 5.02 Å². The van der Waals surface area contributed by atoms with E-state index in [1.807, 2.05) is 6.07 Å². The van der Waals surface area contributed by atoms with Gasteiger partial charge in [-0.1, -0.05) is 35.4 Å². The lowest BCUT2D eigenvalue weighted by Gasteiger charge is -2.22. The van der Waals surface area contributed by atoms with Crippen molar-refractivity contribution in [2.75, 3.05) is 11.9 Å². The average Bonchev–Trinajstić information content (AvgIpc) is 2.33.